The highest BCUT2D eigenvalue weighted by molar-refractivity contribution is 9.10. The Kier molecular flexibility index (Phi) is 3.80. The molecule has 2 N–H and O–H groups in total. The van der Waals surface area contributed by atoms with Crippen molar-refractivity contribution in [2.24, 2.45) is 5.73 Å². The fourth-order valence-corrected chi connectivity index (χ4v) is 2.76. The molecule has 0 bridgehead atoms. The van der Waals surface area contributed by atoms with Crippen LogP contribution in [0.15, 0.2) is 40.9 Å². The maximum atomic E-state index is 10.9. The molecule has 0 heterocycles. The van der Waals surface area contributed by atoms with Crippen molar-refractivity contribution in [2.45, 2.75) is 25.9 Å². The highest BCUT2D eigenvalue weighted by atomic mass is 79.9. The molecular weight excluding hydrogens is 306 g/mol. The van der Waals surface area contributed by atoms with Crippen LogP contribution in [-0.4, -0.2) is 11.7 Å². The van der Waals surface area contributed by atoms with E-state index in [9.17, 15) is 4.79 Å². The van der Waals surface area contributed by atoms with Crippen molar-refractivity contribution in [2.75, 3.05) is 0 Å². The Bertz CT molecular complexity index is 623. The maximum absolute atomic E-state index is 10.9. The van der Waals surface area contributed by atoms with Crippen LogP contribution >= 0.6 is 15.9 Å². The molecule has 2 aromatic carbocycles. The molecule has 0 saturated carbocycles. The predicted octanol–water partition coefficient (Wildman–Crippen LogP) is 4.02. The van der Waals surface area contributed by atoms with E-state index < -0.39 is 11.7 Å². The Labute approximate surface area is 120 Å². The summed E-state index contributed by atoms with van der Waals surface area (Å²) < 4.78 is 6.20. The van der Waals surface area contributed by atoms with Crippen LogP contribution in [0.4, 0.5) is 4.79 Å². The summed E-state index contributed by atoms with van der Waals surface area (Å²) in [5, 5.41) is 2.30. The summed E-state index contributed by atoms with van der Waals surface area (Å²) in [5.74, 6) is 0. The molecule has 100 valence electrons. The molecule has 0 fully saturated rings. The molecule has 2 aromatic rings. The van der Waals surface area contributed by atoms with Crippen molar-refractivity contribution < 1.29 is 9.53 Å². The zero-order valence-corrected chi connectivity index (χ0v) is 12.5. The number of fused-ring (bicyclic) bond motifs is 1. The number of carbonyl (C=O) groups is 1. The van der Waals surface area contributed by atoms with Gasteiger partial charge in [-0.3, -0.25) is 0 Å². The van der Waals surface area contributed by atoms with Gasteiger partial charge in [-0.2, -0.15) is 0 Å². The Morgan fingerprint density at radius 3 is 2.53 bits per heavy atom. The lowest BCUT2D eigenvalue weighted by atomic mass is 9.94. The molecule has 4 heteroatoms. The van der Waals surface area contributed by atoms with E-state index in [4.69, 9.17) is 10.5 Å². The van der Waals surface area contributed by atoms with Gasteiger partial charge in [0.2, 0.25) is 0 Å². The zero-order chi connectivity index (χ0) is 14.0. The largest absolute Gasteiger partial charge is 0.443 e. The van der Waals surface area contributed by atoms with E-state index in [2.05, 4.69) is 28.1 Å². The van der Waals surface area contributed by atoms with E-state index in [0.717, 1.165) is 20.8 Å². The third kappa shape index (κ3) is 3.26. The number of carbonyl (C=O) groups excluding carboxylic acids is 1. The first-order valence-electron chi connectivity index (χ1n) is 6.04. The van der Waals surface area contributed by atoms with Gasteiger partial charge in [0.15, 0.2) is 0 Å². The molecule has 0 aliphatic heterocycles. The number of hydrogen-bond acceptors (Lipinski definition) is 2. The second-order valence-corrected chi connectivity index (χ2v) is 5.96. The van der Waals surface area contributed by atoms with E-state index in [-0.39, 0.29) is 0 Å². The fraction of sp³-hybridized carbons (Fsp3) is 0.267. The van der Waals surface area contributed by atoms with E-state index in [0.29, 0.717) is 6.42 Å². The van der Waals surface area contributed by atoms with Gasteiger partial charge in [0.1, 0.15) is 5.60 Å². The van der Waals surface area contributed by atoms with Crippen molar-refractivity contribution in [1.82, 2.24) is 0 Å². The quantitative estimate of drug-likeness (QED) is 0.928. The van der Waals surface area contributed by atoms with Crippen LogP contribution in [0.1, 0.15) is 19.4 Å². The molecule has 0 aliphatic rings. The Balaban J connectivity index is 2.41. The van der Waals surface area contributed by atoms with Crippen LogP contribution in [0, 0.1) is 0 Å². The minimum Gasteiger partial charge on any atom is -0.443 e. The SMILES string of the molecule is CC(C)(Cc1cccc2c(Br)cccc12)OC(N)=O. The fourth-order valence-electron chi connectivity index (χ4n) is 2.26. The van der Waals surface area contributed by atoms with E-state index in [1.165, 1.54) is 0 Å². The Hall–Kier alpha value is -1.55. The van der Waals surface area contributed by atoms with E-state index in [1.54, 1.807) is 0 Å². The van der Waals surface area contributed by atoms with Crippen molar-refractivity contribution in [3.8, 4) is 0 Å². The van der Waals surface area contributed by atoms with Gasteiger partial charge in [0, 0.05) is 10.9 Å². The van der Waals surface area contributed by atoms with Crippen molar-refractivity contribution in [3.63, 3.8) is 0 Å². The molecule has 0 radical (unpaired) electrons. The molecular formula is C15H16BrNO2. The van der Waals surface area contributed by atoms with Gasteiger partial charge < -0.3 is 10.5 Å². The number of nitrogens with two attached hydrogens (primary N) is 1. The summed E-state index contributed by atoms with van der Waals surface area (Å²) in [7, 11) is 0. The van der Waals surface area contributed by atoms with Gasteiger partial charge in [0.05, 0.1) is 0 Å². The average Bonchev–Trinajstić information content (AvgIpc) is 2.28. The van der Waals surface area contributed by atoms with Crippen LogP contribution in [0.25, 0.3) is 10.8 Å². The van der Waals surface area contributed by atoms with E-state index >= 15 is 0 Å². The second kappa shape index (κ2) is 5.21. The first kappa shape index (κ1) is 13.9. The lowest BCUT2D eigenvalue weighted by Gasteiger charge is -2.24. The standard InChI is InChI=1S/C15H16BrNO2/c1-15(2,19-14(17)18)9-10-5-3-7-12-11(10)6-4-8-13(12)16/h3-8H,9H2,1-2H3,(H2,17,18). The number of primary amides is 1. The lowest BCUT2D eigenvalue weighted by Crippen LogP contribution is -2.33. The molecule has 19 heavy (non-hydrogen) atoms. The zero-order valence-electron chi connectivity index (χ0n) is 10.9. The van der Waals surface area contributed by atoms with Crippen molar-refractivity contribution in [3.05, 3.63) is 46.4 Å². The summed E-state index contributed by atoms with van der Waals surface area (Å²) in [6, 6.07) is 12.2. The molecule has 0 unspecified atom stereocenters. The van der Waals surface area contributed by atoms with Crippen LogP contribution < -0.4 is 5.73 Å². The summed E-state index contributed by atoms with van der Waals surface area (Å²) in [5.41, 5.74) is 5.61. The number of hydrogen-bond donors (Lipinski definition) is 1. The van der Waals surface area contributed by atoms with Gasteiger partial charge in [-0.15, -0.1) is 0 Å². The van der Waals surface area contributed by atoms with Crippen LogP contribution in [0.2, 0.25) is 0 Å². The molecule has 0 aliphatic carbocycles. The molecule has 0 spiro atoms. The predicted molar refractivity (Wildman–Crippen MR) is 80.1 cm³/mol. The number of benzene rings is 2. The summed E-state index contributed by atoms with van der Waals surface area (Å²) >= 11 is 3.55. The van der Waals surface area contributed by atoms with Crippen LogP contribution in [0.3, 0.4) is 0 Å². The summed E-state index contributed by atoms with van der Waals surface area (Å²) in [6.07, 6.45) is -0.129. The van der Waals surface area contributed by atoms with Crippen LogP contribution in [0.5, 0.6) is 0 Å². The first-order chi connectivity index (χ1) is 8.89. The maximum Gasteiger partial charge on any atom is 0.405 e. The topological polar surface area (TPSA) is 52.3 Å². The number of amides is 1. The van der Waals surface area contributed by atoms with Gasteiger partial charge >= 0.3 is 6.09 Å². The minimum atomic E-state index is -0.744. The molecule has 1 amide bonds. The summed E-state index contributed by atoms with van der Waals surface area (Å²) in [6.45, 7) is 3.71. The van der Waals surface area contributed by atoms with Crippen LogP contribution in [-0.2, 0) is 11.2 Å². The third-order valence-corrected chi connectivity index (χ3v) is 3.64. The highest BCUT2D eigenvalue weighted by Gasteiger charge is 2.23. The molecule has 0 saturated heterocycles. The van der Waals surface area contributed by atoms with E-state index in [1.807, 2.05) is 38.1 Å². The highest BCUT2D eigenvalue weighted by Crippen LogP contribution is 2.29. The summed E-state index contributed by atoms with van der Waals surface area (Å²) in [4.78, 5) is 10.9. The van der Waals surface area contributed by atoms with Gasteiger partial charge in [-0.25, -0.2) is 4.79 Å². The monoisotopic (exact) mass is 321 g/mol. The lowest BCUT2D eigenvalue weighted by molar-refractivity contribution is 0.0463. The van der Waals surface area contributed by atoms with Gasteiger partial charge in [-0.05, 0) is 36.2 Å². The average molecular weight is 322 g/mol. The number of halogens is 1. The van der Waals surface area contributed by atoms with Gasteiger partial charge in [0.25, 0.3) is 0 Å². The van der Waals surface area contributed by atoms with Crippen molar-refractivity contribution in [1.29, 1.82) is 0 Å². The smallest absolute Gasteiger partial charge is 0.405 e. The van der Waals surface area contributed by atoms with Gasteiger partial charge in [-0.1, -0.05) is 46.3 Å². The second-order valence-electron chi connectivity index (χ2n) is 5.11. The molecule has 2 rings (SSSR count). The Morgan fingerprint density at radius 1 is 1.21 bits per heavy atom. The third-order valence-electron chi connectivity index (χ3n) is 2.95. The normalized spacial score (nSPS) is 11.5. The minimum absolute atomic E-state index is 0.615. The number of rotatable bonds is 3. The molecule has 0 atom stereocenters. The molecule has 0 aromatic heterocycles. The number of ether oxygens (including phenoxy) is 1. The Morgan fingerprint density at radius 2 is 1.84 bits per heavy atom. The first-order valence-corrected chi connectivity index (χ1v) is 6.83. The van der Waals surface area contributed by atoms with Crippen molar-refractivity contribution >= 4 is 32.8 Å². The molecule has 3 nitrogen and oxygen atoms in total.